The quantitative estimate of drug-likeness (QED) is 0.158. The number of carboxylic acids is 1. The van der Waals surface area contributed by atoms with Gasteiger partial charge in [0.1, 0.15) is 0 Å². The van der Waals surface area contributed by atoms with Crippen molar-refractivity contribution < 1.29 is 33.7 Å². The number of likely N-dealkylation sites (tertiary alicyclic amines) is 1. The van der Waals surface area contributed by atoms with Gasteiger partial charge in [-0.05, 0) is 5.53 Å². The molecule has 1 aliphatic rings. The minimum atomic E-state index is -1.31. The summed E-state index contributed by atoms with van der Waals surface area (Å²) in [4.78, 5) is 39.1. The van der Waals surface area contributed by atoms with Gasteiger partial charge in [0.25, 0.3) is 0 Å². The van der Waals surface area contributed by atoms with Crippen molar-refractivity contribution in [3.8, 4) is 0 Å². The fourth-order valence-corrected chi connectivity index (χ4v) is 1.98. The van der Waals surface area contributed by atoms with Gasteiger partial charge in [0.15, 0.2) is 6.04 Å². The number of aliphatic carboxylic acids is 1. The smallest absolute Gasteiger partial charge is 0.329 e. The summed E-state index contributed by atoms with van der Waals surface area (Å²) in [5.41, 5.74) is 21.5. The fraction of sp³-hybridized carbons (Fsp3) is 0.769. The van der Waals surface area contributed by atoms with Gasteiger partial charge >= 0.3 is 5.97 Å². The Bertz CT molecular complexity index is 557. The summed E-state index contributed by atoms with van der Waals surface area (Å²) in [6, 6.07) is -1.31. The molecule has 1 fully saturated rings. The Hall–Kier alpha value is -2.89. The highest BCUT2D eigenvalue weighted by Gasteiger charge is 2.38. The molecule has 1 heterocycles. The second kappa shape index (κ2) is 15.4. The van der Waals surface area contributed by atoms with E-state index >= 15 is 0 Å². The first-order valence-corrected chi connectivity index (χ1v) is 7.79. The van der Waals surface area contributed by atoms with E-state index in [9.17, 15) is 14.4 Å². The average Bonchev–Trinajstić information content (AvgIpc) is 2.95. The van der Waals surface area contributed by atoms with Crippen LogP contribution in [-0.2, 0) is 28.6 Å². The lowest BCUT2D eigenvalue weighted by Gasteiger charge is -2.22. The van der Waals surface area contributed by atoms with E-state index in [1.165, 1.54) is 4.91 Å². The Kier molecular flexibility index (Phi) is 13.7. The number of azide groups is 1. The Labute approximate surface area is 154 Å². The van der Waals surface area contributed by atoms with Gasteiger partial charge in [-0.2, -0.15) is 0 Å². The van der Waals surface area contributed by atoms with Gasteiger partial charge in [0.2, 0.25) is 11.8 Å². The van der Waals surface area contributed by atoms with Crippen molar-refractivity contribution in [3.05, 3.63) is 26.4 Å². The first kappa shape index (κ1) is 24.1. The summed E-state index contributed by atoms with van der Waals surface area (Å²) in [5.74, 6) is -2.27. The first-order valence-electron chi connectivity index (χ1n) is 7.79. The molecule has 1 unspecified atom stereocenters. The molecule has 1 atom stereocenters. The van der Waals surface area contributed by atoms with Crippen molar-refractivity contribution in [2.24, 2.45) is 5.11 Å². The summed E-state index contributed by atoms with van der Waals surface area (Å²) in [5, 5.41) is 12.4. The van der Waals surface area contributed by atoms with Crippen LogP contribution < -0.4 is 0 Å². The monoisotopic (exact) mass is 386 g/mol. The molecule has 0 aromatic heterocycles. The molecule has 0 aromatic carbocycles. The Morgan fingerprint density at radius 1 is 1.04 bits per heavy atom. The van der Waals surface area contributed by atoms with Gasteiger partial charge < -0.3 is 30.4 Å². The van der Waals surface area contributed by atoms with Crippen LogP contribution in [0, 0.1) is 0 Å². The third kappa shape index (κ3) is 10.6. The molecule has 1 N–H and O–H groups in total. The molecule has 1 saturated heterocycles. The van der Waals surface area contributed by atoms with E-state index in [2.05, 4.69) is 10.0 Å². The zero-order chi connectivity index (χ0) is 20.5. The standard InChI is InChI=1S/C13H20N4O7.N3/c14-16-15-3-4-22-5-6-23-7-8-24-9-10(13(20)21)17-11(18)1-2-12(17)19;1-3-2/h10H,1-9H2,(H,20,21);/q;-1. The molecule has 0 aliphatic carbocycles. The van der Waals surface area contributed by atoms with Gasteiger partial charge in [0.05, 0.1) is 39.6 Å². The predicted molar refractivity (Wildman–Crippen MR) is 89.1 cm³/mol. The van der Waals surface area contributed by atoms with E-state index in [0.29, 0.717) is 19.8 Å². The molecular formula is C13H20N7O7-. The molecule has 14 heteroatoms. The fourth-order valence-electron chi connectivity index (χ4n) is 1.98. The van der Waals surface area contributed by atoms with Crippen LogP contribution in [-0.4, -0.2) is 80.0 Å². The van der Waals surface area contributed by atoms with Gasteiger partial charge in [-0.15, -0.1) is 0 Å². The third-order valence-corrected chi connectivity index (χ3v) is 3.11. The van der Waals surface area contributed by atoms with Gasteiger partial charge in [0, 0.05) is 24.3 Å². The number of amides is 2. The zero-order valence-electron chi connectivity index (χ0n) is 14.5. The molecule has 27 heavy (non-hydrogen) atoms. The van der Waals surface area contributed by atoms with Crippen molar-refractivity contribution in [3.63, 3.8) is 0 Å². The summed E-state index contributed by atoms with van der Waals surface area (Å²) >= 11 is 0. The second-order valence-electron chi connectivity index (χ2n) is 4.86. The van der Waals surface area contributed by atoms with Crippen LogP contribution in [0.2, 0.25) is 0 Å². The number of hydrogen-bond acceptors (Lipinski definition) is 7. The minimum Gasteiger partial charge on any atom is -0.480 e. The lowest BCUT2D eigenvalue weighted by Crippen LogP contribution is -2.47. The molecule has 150 valence electrons. The van der Waals surface area contributed by atoms with Crippen LogP contribution in [0.1, 0.15) is 12.8 Å². The summed E-state index contributed by atoms with van der Waals surface area (Å²) in [6.45, 7) is 1.26. The van der Waals surface area contributed by atoms with Crippen molar-refractivity contribution in [2.45, 2.75) is 18.9 Å². The van der Waals surface area contributed by atoms with E-state index in [4.69, 9.17) is 35.9 Å². The Morgan fingerprint density at radius 2 is 1.52 bits per heavy atom. The maximum Gasteiger partial charge on any atom is 0.329 e. The van der Waals surface area contributed by atoms with Gasteiger partial charge in [-0.1, -0.05) is 5.11 Å². The number of hydrogen-bond donors (Lipinski definition) is 1. The second-order valence-corrected chi connectivity index (χ2v) is 4.86. The maximum absolute atomic E-state index is 11.6. The zero-order valence-corrected chi connectivity index (χ0v) is 14.5. The molecule has 14 nitrogen and oxygen atoms in total. The molecule has 0 spiro atoms. The average molecular weight is 386 g/mol. The molecule has 0 radical (unpaired) electrons. The molecule has 0 aromatic rings. The number of carbonyl (C=O) groups excluding carboxylic acids is 2. The van der Waals surface area contributed by atoms with E-state index in [1.807, 2.05) is 0 Å². The molecule has 2 amide bonds. The highest BCUT2D eigenvalue weighted by molar-refractivity contribution is 6.04. The summed E-state index contributed by atoms with van der Waals surface area (Å²) < 4.78 is 15.5. The van der Waals surface area contributed by atoms with Crippen LogP contribution >= 0.6 is 0 Å². The Balaban J connectivity index is 0.00000210. The first-order chi connectivity index (χ1) is 13.0. The molecule has 0 bridgehead atoms. The predicted octanol–water partition coefficient (Wildman–Crippen LogP) is 0.815. The molecule has 1 aliphatic heterocycles. The largest absolute Gasteiger partial charge is 0.480 e. The highest BCUT2D eigenvalue weighted by Crippen LogP contribution is 2.16. The summed E-state index contributed by atoms with van der Waals surface area (Å²) in [7, 11) is 0. The number of rotatable bonds is 13. The Morgan fingerprint density at radius 3 is 2.00 bits per heavy atom. The summed E-state index contributed by atoms with van der Waals surface area (Å²) in [6.07, 6.45) is 0.0663. The molecule has 0 saturated carbocycles. The number of imide groups is 1. The van der Waals surface area contributed by atoms with Crippen LogP contribution in [0.25, 0.3) is 26.4 Å². The molecule has 1 rings (SSSR count). The number of carbonyl (C=O) groups is 3. The minimum absolute atomic E-state index is 0.0331. The lowest BCUT2D eigenvalue weighted by molar-refractivity contribution is -0.157. The third-order valence-electron chi connectivity index (χ3n) is 3.11. The van der Waals surface area contributed by atoms with Crippen LogP contribution in [0.5, 0.6) is 0 Å². The van der Waals surface area contributed by atoms with Gasteiger partial charge in [-0.3, -0.25) is 19.4 Å². The van der Waals surface area contributed by atoms with Crippen molar-refractivity contribution in [1.29, 1.82) is 0 Å². The van der Waals surface area contributed by atoms with Crippen LogP contribution in [0.4, 0.5) is 0 Å². The number of carboxylic acid groups (broad SMARTS) is 1. The SMILES string of the molecule is [N-]=[N+]=NCCOCCOCCOCC(C(=O)O)N1C(=O)CCC1=O.[N-]=[N+]=[N-]. The van der Waals surface area contributed by atoms with E-state index < -0.39 is 23.8 Å². The van der Waals surface area contributed by atoms with E-state index in [1.54, 1.807) is 0 Å². The van der Waals surface area contributed by atoms with Crippen LogP contribution in [0.15, 0.2) is 5.11 Å². The van der Waals surface area contributed by atoms with Crippen molar-refractivity contribution in [2.75, 3.05) is 46.2 Å². The van der Waals surface area contributed by atoms with E-state index in [-0.39, 0.29) is 39.2 Å². The maximum atomic E-state index is 11.6. The normalized spacial score (nSPS) is 14.0. The van der Waals surface area contributed by atoms with Crippen molar-refractivity contribution >= 4 is 17.8 Å². The number of nitrogens with zero attached hydrogens (tertiary/aromatic N) is 7. The lowest BCUT2D eigenvalue weighted by atomic mass is 10.3. The molecular weight excluding hydrogens is 366 g/mol. The highest BCUT2D eigenvalue weighted by atomic mass is 16.5. The van der Waals surface area contributed by atoms with E-state index in [0.717, 1.165) is 4.90 Å². The van der Waals surface area contributed by atoms with Crippen LogP contribution in [0.3, 0.4) is 0 Å². The topological polar surface area (TPSA) is 210 Å². The van der Waals surface area contributed by atoms with Gasteiger partial charge in [-0.25, -0.2) is 4.79 Å². The number of ether oxygens (including phenoxy) is 3. The van der Waals surface area contributed by atoms with Crippen molar-refractivity contribution in [1.82, 2.24) is 4.90 Å².